The van der Waals surface area contributed by atoms with Crippen LogP contribution in [-0.4, -0.2) is 80.9 Å². The zero-order valence-corrected chi connectivity index (χ0v) is 50.1. The number of hydrogen-bond acceptors (Lipinski definition) is 10. The number of carboxylic acid groups (broad SMARTS) is 2. The first-order valence-electron chi connectivity index (χ1n) is 28.9. The summed E-state index contributed by atoms with van der Waals surface area (Å²) in [6.45, 7) is 29.6. The van der Waals surface area contributed by atoms with Gasteiger partial charge >= 0.3 is 356 Å². The molecule has 4 N–H and O–H groups in total. The molecule has 0 amide bonds. The normalized spacial score (nSPS) is 46.1. The van der Waals surface area contributed by atoms with Crippen molar-refractivity contribution in [3.05, 3.63) is 45.6 Å². The zero-order chi connectivity index (χ0) is 55.1. The van der Waals surface area contributed by atoms with Crippen LogP contribution in [-0.2, 0) is 34.8 Å². The van der Waals surface area contributed by atoms with Crippen molar-refractivity contribution < 1.29 is 77.2 Å². The predicted molar refractivity (Wildman–Crippen MR) is 283 cm³/mol. The Balaban J connectivity index is 0.948. The number of rotatable bonds is 14. The molecule has 0 saturated heterocycles. The molecule has 20 atom stereocenters. The van der Waals surface area contributed by atoms with E-state index in [1.807, 2.05) is 27.7 Å². The van der Waals surface area contributed by atoms with E-state index in [1.54, 1.807) is 0 Å². The molecule has 0 aromatic rings. The van der Waals surface area contributed by atoms with E-state index < -0.39 is 70.3 Å². The van der Waals surface area contributed by atoms with Crippen LogP contribution < -0.4 is 22.0 Å². The number of carbonyl (C=O) groups excluding carboxylic acids is 2. The van der Waals surface area contributed by atoms with Crippen molar-refractivity contribution in [1.82, 2.24) is 0 Å². The van der Waals surface area contributed by atoms with Crippen LogP contribution in [0.25, 0.3) is 0 Å². The van der Waals surface area contributed by atoms with Gasteiger partial charge in [-0.25, -0.2) is 9.59 Å². The van der Waals surface area contributed by atoms with Gasteiger partial charge in [-0.1, -0.05) is 23.3 Å². The van der Waals surface area contributed by atoms with Gasteiger partial charge in [0, 0.05) is 13.8 Å². The molecule has 0 aromatic heterocycles. The number of fused-ring (bicyclic) bond motifs is 10. The summed E-state index contributed by atoms with van der Waals surface area (Å²) >= 11 is -1.04. The monoisotopic (exact) mass is 1160 g/mol. The minimum atomic E-state index is -1.04. The number of carboxylic acids is 2. The molecular formula is C62H94IO12-. The molecule has 0 spiro atoms. The van der Waals surface area contributed by atoms with Crippen LogP contribution in [0.1, 0.15) is 200 Å². The number of esters is 2. The number of aliphatic hydroxyl groups excluding tert-OH is 2. The third kappa shape index (κ3) is 9.80. The van der Waals surface area contributed by atoms with E-state index in [-0.39, 0.29) is 80.2 Å². The summed E-state index contributed by atoms with van der Waals surface area (Å²) in [6.07, 6.45) is 12.9. The molecule has 8 fully saturated rings. The molecule has 12 nitrogen and oxygen atoms in total. The van der Waals surface area contributed by atoms with Crippen LogP contribution in [0.2, 0.25) is 0 Å². The molecule has 0 radical (unpaired) electrons. The third-order valence-electron chi connectivity index (χ3n) is 23.4. The smallest absolute Gasteiger partial charge is 0.478 e. The second kappa shape index (κ2) is 21.5. The number of halogens is 1. The van der Waals surface area contributed by atoms with Crippen LogP contribution in [0.15, 0.2) is 45.6 Å². The maximum absolute atomic E-state index is 13.0. The summed E-state index contributed by atoms with van der Waals surface area (Å²) in [5.74, 6) is -2.03. The van der Waals surface area contributed by atoms with Crippen molar-refractivity contribution in [2.24, 2.45) is 79.8 Å². The molecule has 0 bridgehead atoms. The molecule has 8 aliphatic carbocycles. The Morgan fingerprint density at radius 1 is 0.560 bits per heavy atom. The Labute approximate surface area is 460 Å². The summed E-state index contributed by atoms with van der Waals surface area (Å²) in [5.41, 5.74) is 2.62. The van der Waals surface area contributed by atoms with E-state index in [0.29, 0.717) is 85.5 Å². The van der Waals surface area contributed by atoms with Crippen molar-refractivity contribution in [1.29, 1.82) is 0 Å². The molecule has 8 aliphatic rings. The molecule has 0 aliphatic heterocycles. The average Bonchev–Trinajstić information content (AvgIpc) is 3.73. The van der Waals surface area contributed by atoms with Crippen molar-refractivity contribution in [2.75, 3.05) is 0 Å². The van der Waals surface area contributed by atoms with Gasteiger partial charge in [-0.2, -0.15) is 0 Å². The molecule has 422 valence electrons. The van der Waals surface area contributed by atoms with Crippen LogP contribution in [0.5, 0.6) is 0 Å². The van der Waals surface area contributed by atoms with Crippen molar-refractivity contribution in [3.63, 3.8) is 0 Å². The third-order valence-corrected chi connectivity index (χ3v) is 25.1. The minimum Gasteiger partial charge on any atom is -0.478 e. The first kappa shape index (κ1) is 58.6. The Morgan fingerprint density at radius 3 is 1.24 bits per heavy atom. The topological polar surface area (TPSA) is 186 Å². The summed E-state index contributed by atoms with van der Waals surface area (Å²) < 4.78 is 25.9. The van der Waals surface area contributed by atoms with Gasteiger partial charge in [0.25, 0.3) is 0 Å². The first-order chi connectivity index (χ1) is 35.0. The van der Waals surface area contributed by atoms with Crippen molar-refractivity contribution in [3.8, 4) is 0 Å². The minimum absolute atomic E-state index is 0.0103. The quantitative estimate of drug-likeness (QED) is 0.0560. The standard InChI is InChI=1S/C62H94IO12/c1-33(2)17-15-19-39(55(68)69)51-43-29-45(66)53-57(9)25-23-47(35(5)41(57)21-27-59(53,11)61(43,13)31-49(51)72-37(7)64)74-63-75-48-24-26-58(10)42(36(48)6)22-28-60(12)54(58)46(67)30-44-52(40(56(70)71)20-16-18-34(3)4)50(73-38(8)65)32-62(44,60)14/h17-18,35-36,41-50,53-54,66-67H,15-16,19-32H2,1-14H3,(H,68,69)(H,70,71)/q-1/b51-39-,52-40-. The van der Waals surface area contributed by atoms with E-state index in [4.69, 9.17) is 15.6 Å². The van der Waals surface area contributed by atoms with Gasteiger partial charge < -0.3 is 10.2 Å². The Hall–Kier alpha value is -2.59. The number of aliphatic hydroxyl groups is 2. The van der Waals surface area contributed by atoms with E-state index in [2.05, 4.69) is 67.5 Å². The van der Waals surface area contributed by atoms with Gasteiger partial charge in [0.1, 0.15) is 0 Å². The fraction of sp³-hybridized carbons (Fsp3) is 0.806. The van der Waals surface area contributed by atoms with Crippen LogP contribution in [0, 0.1) is 79.8 Å². The Morgan fingerprint density at radius 2 is 0.920 bits per heavy atom. The zero-order valence-electron chi connectivity index (χ0n) is 48.0. The van der Waals surface area contributed by atoms with Crippen LogP contribution in [0.4, 0.5) is 0 Å². The van der Waals surface area contributed by atoms with Crippen molar-refractivity contribution >= 4 is 23.9 Å². The van der Waals surface area contributed by atoms with Gasteiger partial charge in [-0.05, 0) is 40.5 Å². The van der Waals surface area contributed by atoms with E-state index in [9.17, 15) is 39.6 Å². The van der Waals surface area contributed by atoms with E-state index >= 15 is 0 Å². The van der Waals surface area contributed by atoms with Crippen LogP contribution in [0.3, 0.4) is 0 Å². The molecule has 0 aromatic carbocycles. The first-order valence-corrected chi connectivity index (χ1v) is 30.6. The van der Waals surface area contributed by atoms with Gasteiger partial charge in [0.15, 0.2) is 0 Å². The second-order valence-corrected chi connectivity index (χ2v) is 28.9. The fourth-order valence-corrected chi connectivity index (χ4v) is 22.0. The van der Waals surface area contributed by atoms with Gasteiger partial charge in [0.05, 0.1) is 0 Å². The van der Waals surface area contributed by atoms with Gasteiger partial charge in [-0.15, -0.1) is 0 Å². The number of aliphatic carboxylic acids is 2. The SMILES string of the molecule is CC(=O)OC1CC2(C)C(CC(O)C3C4(C)CCC(O[I-]OC5CCC6(C)C(CCC7(C)C6C(O)CC6/C(=C(\CCC=C(C)C)C(=O)O)C(OC(C)=O)CC67C)C5C)C(C)C4CCC32C)/C1=C(\CCC=C(C)C)C(=O)O. The number of allylic oxidation sites excluding steroid dienone is 4. The summed E-state index contributed by atoms with van der Waals surface area (Å²) in [6, 6.07) is 0. The van der Waals surface area contributed by atoms with Gasteiger partial charge in [-0.3, -0.25) is 9.59 Å². The van der Waals surface area contributed by atoms with E-state index in [0.717, 1.165) is 62.5 Å². The summed E-state index contributed by atoms with van der Waals surface area (Å²) in [5, 5.41) is 46.4. The molecular weight excluding hydrogens is 1060 g/mol. The molecule has 20 unspecified atom stereocenters. The fourth-order valence-electron chi connectivity index (χ4n) is 19.9. The summed E-state index contributed by atoms with van der Waals surface area (Å²) in [7, 11) is 0. The molecule has 8 rings (SSSR count). The Kier molecular flexibility index (Phi) is 16.8. The van der Waals surface area contributed by atoms with Gasteiger partial charge in [0.2, 0.25) is 0 Å². The van der Waals surface area contributed by atoms with Crippen LogP contribution >= 0.6 is 0 Å². The molecule has 75 heavy (non-hydrogen) atoms. The number of ether oxygens (including phenoxy) is 2. The second-order valence-electron chi connectivity index (χ2n) is 27.5. The number of hydrogen-bond donors (Lipinski definition) is 4. The molecule has 0 heterocycles. The average molecular weight is 1160 g/mol. The summed E-state index contributed by atoms with van der Waals surface area (Å²) in [4.78, 5) is 51.4. The van der Waals surface area contributed by atoms with E-state index in [1.165, 1.54) is 13.8 Å². The molecule has 13 heteroatoms. The van der Waals surface area contributed by atoms with Crippen molar-refractivity contribution in [2.45, 2.75) is 236 Å². The number of carbonyl (C=O) groups is 4. The maximum atomic E-state index is 13.0. The Bertz CT molecular complexity index is 2200. The predicted octanol–water partition coefficient (Wildman–Crippen LogP) is 9.31. The molecule has 8 saturated carbocycles.